The monoisotopic (exact) mass is 332 g/mol. The smallest absolute Gasteiger partial charge is 0.276 e. The molecule has 1 saturated heterocycles. The van der Waals surface area contributed by atoms with Crippen LogP contribution in [0.4, 0.5) is 0 Å². The molecule has 2 heterocycles. The summed E-state index contributed by atoms with van der Waals surface area (Å²) in [6.07, 6.45) is 3.30. The summed E-state index contributed by atoms with van der Waals surface area (Å²) in [5.74, 6) is 0.467. The van der Waals surface area contributed by atoms with E-state index in [4.69, 9.17) is 20.9 Å². The molecular formula is C17H17ClN2O3. The zero-order chi connectivity index (χ0) is 15.8. The number of nitrogens with zero attached hydrogens (tertiary/aromatic N) is 2. The number of carbonyl (C=O) groups is 1. The van der Waals surface area contributed by atoms with Gasteiger partial charge < -0.3 is 14.2 Å². The minimum absolute atomic E-state index is 0.0813. The summed E-state index contributed by atoms with van der Waals surface area (Å²) in [4.78, 5) is 14.7. The van der Waals surface area contributed by atoms with Crippen molar-refractivity contribution in [1.82, 2.24) is 10.1 Å². The Hall–Kier alpha value is -1.85. The van der Waals surface area contributed by atoms with Crippen molar-refractivity contribution in [1.29, 1.82) is 0 Å². The summed E-state index contributed by atoms with van der Waals surface area (Å²) in [6, 6.07) is 9.16. The highest BCUT2D eigenvalue weighted by Gasteiger charge is 2.39. The molecule has 0 spiro atoms. The molecule has 1 aliphatic heterocycles. The molecule has 5 nitrogen and oxygen atoms in total. The van der Waals surface area contributed by atoms with Gasteiger partial charge in [-0.25, -0.2) is 0 Å². The number of morpholine rings is 1. The number of benzene rings is 1. The highest BCUT2D eigenvalue weighted by molar-refractivity contribution is 6.30. The molecule has 1 amide bonds. The normalized spacial score (nSPS) is 23.8. The maximum absolute atomic E-state index is 12.8. The van der Waals surface area contributed by atoms with Crippen LogP contribution in [0.25, 0.3) is 11.3 Å². The number of ether oxygens (including phenoxy) is 1. The molecule has 0 bridgehead atoms. The van der Waals surface area contributed by atoms with E-state index in [0.717, 1.165) is 24.8 Å². The molecule has 1 aliphatic carbocycles. The molecule has 23 heavy (non-hydrogen) atoms. The lowest BCUT2D eigenvalue weighted by Gasteiger charge is -2.37. The van der Waals surface area contributed by atoms with Crippen molar-refractivity contribution in [3.8, 4) is 11.3 Å². The van der Waals surface area contributed by atoms with Gasteiger partial charge in [0, 0.05) is 23.2 Å². The summed E-state index contributed by atoms with van der Waals surface area (Å²) in [5.41, 5.74) is 1.15. The van der Waals surface area contributed by atoms with Crippen LogP contribution in [0.1, 0.15) is 29.8 Å². The van der Waals surface area contributed by atoms with E-state index in [9.17, 15) is 4.79 Å². The van der Waals surface area contributed by atoms with Gasteiger partial charge in [0.15, 0.2) is 11.5 Å². The molecule has 120 valence electrons. The minimum Gasteiger partial charge on any atom is -0.374 e. The van der Waals surface area contributed by atoms with E-state index in [1.807, 2.05) is 17.0 Å². The molecule has 4 rings (SSSR count). The number of fused-ring (bicyclic) bond motifs is 1. The van der Waals surface area contributed by atoms with E-state index in [-0.39, 0.29) is 18.1 Å². The van der Waals surface area contributed by atoms with Crippen molar-refractivity contribution >= 4 is 17.5 Å². The second kappa shape index (κ2) is 5.98. The molecule has 2 fully saturated rings. The van der Waals surface area contributed by atoms with Gasteiger partial charge in [0.05, 0.1) is 18.8 Å². The Labute approximate surface area is 139 Å². The van der Waals surface area contributed by atoms with Crippen LogP contribution in [0.3, 0.4) is 0 Å². The van der Waals surface area contributed by atoms with Crippen molar-refractivity contribution in [2.24, 2.45) is 0 Å². The first kappa shape index (κ1) is 14.7. The third-order valence-electron chi connectivity index (χ3n) is 4.58. The molecule has 1 aromatic heterocycles. The standard InChI is InChI=1S/C17H17ClN2O3/c18-12-4-1-3-11(9-12)16-10-13(19-23-16)17(21)20-7-8-22-15-6-2-5-14(15)20/h1,3-4,9-10,14-15H,2,5-8H2/t14-,15+/m0/s1. The van der Waals surface area contributed by atoms with Crippen molar-refractivity contribution < 1.29 is 14.1 Å². The summed E-state index contributed by atoms with van der Waals surface area (Å²) in [5, 5.41) is 4.58. The number of aromatic nitrogens is 1. The molecule has 1 aromatic carbocycles. The first-order valence-corrected chi connectivity index (χ1v) is 8.25. The van der Waals surface area contributed by atoms with E-state index >= 15 is 0 Å². The maximum Gasteiger partial charge on any atom is 0.276 e. The van der Waals surface area contributed by atoms with Gasteiger partial charge in [-0.2, -0.15) is 0 Å². The second-order valence-corrected chi connectivity index (χ2v) is 6.43. The van der Waals surface area contributed by atoms with Gasteiger partial charge in [-0.05, 0) is 31.4 Å². The summed E-state index contributed by atoms with van der Waals surface area (Å²) in [6.45, 7) is 1.20. The van der Waals surface area contributed by atoms with Gasteiger partial charge >= 0.3 is 0 Å². The van der Waals surface area contributed by atoms with Gasteiger partial charge in [-0.3, -0.25) is 4.79 Å². The zero-order valence-corrected chi connectivity index (χ0v) is 13.3. The number of carbonyl (C=O) groups excluding carboxylic acids is 1. The molecule has 0 N–H and O–H groups in total. The van der Waals surface area contributed by atoms with Crippen LogP contribution in [0.15, 0.2) is 34.9 Å². The lowest BCUT2D eigenvalue weighted by atomic mass is 10.1. The average molecular weight is 333 g/mol. The molecule has 2 aromatic rings. The van der Waals surface area contributed by atoms with Gasteiger partial charge in [0.25, 0.3) is 5.91 Å². The number of rotatable bonds is 2. The van der Waals surface area contributed by atoms with Crippen LogP contribution in [0.2, 0.25) is 5.02 Å². The van der Waals surface area contributed by atoms with E-state index < -0.39 is 0 Å². The predicted molar refractivity (Wildman–Crippen MR) is 85.4 cm³/mol. The molecule has 2 aliphatic rings. The largest absolute Gasteiger partial charge is 0.374 e. The number of halogens is 1. The summed E-state index contributed by atoms with van der Waals surface area (Å²) >= 11 is 6.00. The molecule has 1 saturated carbocycles. The van der Waals surface area contributed by atoms with Gasteiger partial charge in [-0.15, -0.1) is 0 Å². The van der Waals surface area contributed by atoms with Crippen LogP contribution in [-0.4, -0.2) is 41.3 Å². The zero-order valence-electron chi connectivity index (χ0n) is 12.6. The van der Waals surface area contributed by atoms with Crippen molar-refractivity contribution in [3.05, 3.63) is 41.0 Å². The van der Waals surface area contributed by atoms with Gasteiger partial charge in [0.1, 0.15) is 0 Å². The fourth-order valence-corrected chi connectivity index (χ4v) is 3.67. The van der Waals surface area contributed by atoms with Crippen LogP contribution in [-0.2, 0) is 4.74 Å². The highest BCUT2D eigenvalue weighted by atomic mass is 35.5. The molecule has 6 heteroatoms. The Morgan fingerprint density at radius 3 is 3.09 bits per heavy atom. The van der Waals surface area contributed by atoms with Gasteiger partial charge in [0.2, 0.25) is 0 Å². The third-order valence-corrected chi connectivity index (χ3v) is 4.82. The Morgan fingerprint density at radius 1 is 1.30 bits per heavy atom. The average Bonchev–Trinajstić information content (AvgIpc) is 3.23. The second-order valence-electron chi connectivity index (χ2n) is 5.99. The quantitative estimate of drug-likeness (QED) is 0.846. The molecule has 0 radical (unpaired) electrons. The Kier molecular flexibility index (Phi) is 3.83. The third kappa shape index (κ3) is 2.75. The minimum atomic E-state index is -0.0813. The predicted octanol–water partition coefficient (Wildman–Crippen LogP) is 3.39. The van der Waals surface area contributed by atoms with Crippen LogP contribution < -0.4 is 0 Å². The molecule has 2 atom stereocenters. The highest BCUT2D eigenvalue weighted by Crippen LogP contribution is 2.31. The van der Waals surface area contributed by atoms with Crippen LogP contribution in [0.5, 0.6) is 0 Å². The summed E-state index contributed by atoms with van der Waals surface area (Å²) in [7, 11) is 0. The number of hydrogen-bond acceptors (Lipinski definition) is 4. The topological polar surface area (TPSA) is 55.6 Å². The first-order valence-electron chi connectivity index (χ1n) is 7.87. The van der Waals surface area contributed by atoms with Crippen molar-refractivity contribution in [3.63, 3.8) is 0 Å². The molecular weight excluding hydrogens is 316 g/mol. The fraction of sp³-hybridized carbons (Fsp3) is 0.412. The van der Waals surface area contributed by atoms with E-state index in [1.165, 1.54) is 0 Å². The lowest BCUT2D eigenvalue weighted by Crippen LogP contribution is -2.51. The maximum atomic E-state index is 12.8. The van der Waals surface area contributed by atoms with Crippen molar-refractivity contribution in [2.45, 2.75) is 31.4 Å². The SMILES string of the molecule is O=C(c1cc(-c2cccc(Cl)c2)on1)N1CCO[C@@H]2CCC[C@@H]21. The van der Waals surface area contributed by atoms with Crippen LogP contribution in [0, 0.1) is 0 Å². The number of hydrogen-bond donors (Lipinski definition) is 0. The Morgan fingerprint density at radius 2 is 2.22 bits per heavy atom. The van der Waals surface area contributed by atoms with Crippen molar-refractivity contribution in [2.75, 3.05) is 13.2 Å². The van der Waals surface area contributed by atoms with Gasteiger partial charge in [-0.1, -0.05) is 28.9 Å². The van der Waals surface area contributed by atoms with E-state index in [1.54, 1.807) is 18.2 Å². The molecule has 0 unspecified atom stereocenters. The van der Waals surface area contributed by atoms with Crippen LogP contribution >= 0.6 is 11.6 Å². The number of amides is 1. The lowest BCUT2D eigenvalue weighted by molar-refractivity contribution is -0.0448. The Balaban J connectivity index is 1.57. The Bertz CT molecular complexity index is 730. The summed E-state index contributed by atoms with van der Waals surface area (Å²) < 4.78 is 11.1. The first-order chi connectivity index (χ1) is 11.2. The van der Waals surface area contributed by atoms with E-state index in [2.05, 4.69) is 5.16 Å². The fourth-order valence-electron chi connectivity index (χ4n) is 3.48. The van der Waals surface area contributed by atoms with E-state index in [0.29, 0.717) is 29.6 Å².